The van der Waals surface area contributed by atoms with E-state index in [1.54, 1.807) is 0 Å². The molecule has 0 N–H and O–H groups in total. The van der Waals surface area contributed by atoms with Gasteiger partial charge in [-0.3, -0.25) is 9.36 Å². The lowest BCUT2D eigenvalue weighted by atomic mass is 9.93. The molecule has 0 fully saturated rings. The van der Waals surface area contributed by atoms with Crippen LogP contribution in [0.25, 0.3) is 10.9 Å². The third kappa shape index (κ3) is 2.42. The van der Waals surface area contributed by atoms with Crippen molar-refractivity contribution in [1.29, 1.82) is 0 Å². The van der Waals surface area contributed by atoms with Crippen molar-refractivity contribution >= 4 is 10.9 Å². The Labute approximate surface area is 114 Å². The van der Waals surface area contributed by atoms with E-state index in [2.05, 4.69) is 20.8 Å². The van der Waals surface area contributed by atoms with Gasteiger partial charge in [0.15, 0.2) is 0 Å². The zero-order chi connectivity index (χ0) is 14.4. The fourth-order valence-electron chi connectivity index (χ4n) is 2.26. The minimum Gasteiger partial charge on any atom is -0.290 e. The standard InChI is InChI=1S/C16H22N2O/c1-15(2,3)14-17-12-10-8-7-9-11(12)13(19)18(14)16(4,5)6/h7-10H,1-6H3. The molecule has 0 aliphatic rings. The Hall–Kier alpha value is -1.64. The molecule has 1 aromatic carbocycles. The fourth-order valence-corrected chi connectivity index (χ4v) is 2.26. The quantitative estimate of drug-likeness (QED) is 0.725. The smallest absolute Gasteiger partial charge is 0.261 e. The van der Waals surface area contributed by atoms with Crippen LogP contribution in [0.1, 0.15) is 47.4 Å². The molecule has 1 heterocycles. The molecule has 0 amide bonds. The second-order valence-corrected chi connectivity index (χ2v) is 7.01. The molecule has 3 nitrogen and oxygen atoms in total. The van der Waals surface area contributed by atoms with Crippen LogP contribution >= 0.6 is 0 Å². The minimum absolute atomic E-state index is 0.0445. The fraction of sp³-hybridized carbons (Fsp3) is 0.500. The van der Waals surface area contributed by atoms with Gasteiger partial charge in [-0.15, -0.1) is 0 Å². The minimum atomic E-state index is -0.281. The third-order valence-corrected chi connectivity index (χ3v) is 3.12. The number of hydrogen-bond acceptors (Lipinski definition) is 2. The lowest BCUT2D eigenvalue weighted by molar-refractivity contribution is 0.338. The molecule has 0 saturated carbocycles. The molecule has 2 aromatic rings. The first kappa shape index (κ1) is 13.8. The molecule has 19 heavy (non-hydrogen) atoms. The van der Waals surface area contributed by atoms with Crippen LogP contribution in [0.2, 0.25) is 0 Å². The number of fused-ring (bicyclic) bond motifs is 1. The van der Waals surface area contributed by atoms with E-state index in [0.717, 1.165) is 11.3 Å². The van der Waals surface area contributed by atoms with Gasteiger partial charge < -0.3 is 0 Å². The molecule has 0 aliphatic carbocycles. The Morgan fingerprint density at radius 1 is 1.00 bits per heavy atom. The molecule has 0 atom stereocenters. The number of para-hydroxylation sites is 1. The highest BCUT2D eigenvalue weighted by atomic mass is 16.1. The summed E-state index contributed by atoms with van der Waals surface area (Å²) >= 11 is 0. The first-order valence-electron chi connectivity index (χ1n) is 6.65. The van der Waals surface area contributed by atoms with Crippen molar-refractivity contribution in [1.82, 2.24) is 9.55 Å². The number of hydrogen-bond donors (Lipinski definition) is 0. The molecule has 0 spiro atoms. The molecule has 0 bridgehead atoms. The Kier molecular flexibility index (Phi) is 3.04. The van der Waals surface area contributed by atoms with Gasteiger partial charge in [-0.25, -0.2) is 4.98 Å². The van der Waals surface area contributed by atoms with Crippen LogP contribution in [-0.2, 0) is 11.0 Å². The van der Waals surface area contributed by atoms with Gasteiger partial charge in [0.05, 0.1) is 10.9 Å². The lowest BCUT2D eigenvalue weighted by Gasteiger charge is -2.31. The maximum absolute atomic E-state index is 12.8. The molecule has 2 rings (SSSR count). The number of rotatable bonds is 0. The molecule has 0 aliphatic heterocycles. The summed E-state index contributed by atoms with van der Waals surface area (Å²) in [6.45, 7) is 12.4. The third-order valence-electron chi connectivity index (χ3n) is 3.12. The predicted molar refractivity (Wildman–Crippen MR) is 79.7 cm³/mol. The Balaban J connectivity index is 2.98. The highest BCUT2D eigenvalue weighted by Crippen LogP contribution is 2.25. The molecular weight excluding hydrogens is 236 g/mol. The lowest BCUT2D eigenvalue weighted by Crippen LogP contribution is -2.40. The molecular formula is C16H22N2O. The number of benzene rings is 1. The van der Waals surface area contributed by atoms with Crippen LogP contribution in [-0.4, -0.2) is 9.55 Å². The number of aromatic nitrogens is 2. The SMILES string of the molecule is CC(C)(C)c1nc2ccccc2c(=O)n1C(C)(C)C. The summed E-state index contributed by atoms with van der Waals surface area (Å²) in [5.41, 5.74) is 0.369. The van der Waals surface area contributed by atoms with Crippen LogP contribution in [0, 0.1) is 0 Å². The normalized spacial score (nSPS) is 12.9. The highest BCUT2D eigenvalue weighted by molar-refractivity contribution is 5.77. The monoisotopic (exact) mass is 258 g/mol. The Morgan fingerprint density at radius 3 is 2.11 bits per heavy atom. The highest BCUT2D eigenvalue weighted by Gasteiger charge is 2.28. The van der Waals surface area contributed by atoms with Gasteiger partial charge in [0.2, 0.25) is 0 Å². The summed E-state index contributed by atoms with van der Waals surface area (Å²) in [5.74, 6) is 0.837. The van der Waals surface area contributed by atoms with Crippen LogP contribution in [0.4, 0.5) is 0 Å². The van der Waals surface area contributed by atoms with E-state index in [0.29, 0.717) is 5.39 Å². The molecule has 0 radical (unpaired) electrons. The summed E-state index contributed by atoms with van der Waals surface area (Å²) < 4.78 is 1.83. The van der Waals surface area contributed by atoms with Crippen molar-refractivity contribution < 1.29 is 0 Å². The second-order valence-electron chi connectivity index (χ2n) is 7.01. The Morgan fingerprint density at radius 2 is 1.58 bits per heavy atom. The summed E-state index contributed by atoms with van der Waals surface area (Å²) in [6.07, 6.45) is 0. The molecule has 3 heteroatoms. The van der Waals surface area contributed by atoms with Crippen LogP contribution in [0.3, 0.4) is 0 Å². The van der Waals surface area contributed by atoms with E-state index in [-0.39, 0.29) is 16.5 Å². The van der Waals surface area contributed by atoms with Crippen LogP contribution < -0.4 is 5.56 Å². The predicted octanol–water partition coefficient (Wildman–Crippen LogP) is 3.45. The zero-order valence-corrected chi connectivity index (χ0v) is 12.6. The summed E-state index contributed by atoms with van der Waals surface area (Å²) in [5, 5.41) is 0.686. The van der Waals surface area contributed by atoms with Gasteiger partial charge in [0, 0.05) is 11.0 Å². The van der Waals surface area contributed by atoms with Crippen molar-refractivity contribution in [2.45, 2.75) is 52.5 Å². The molecule has 0 saturated heterocycles. The van der Waals surface area contributed by atoms with Crippen molar-refractivity contribution in [2.75, 3.05) is 0 Å². The van der Waals surface area contributed by atoms with Gasteiger partial charge in [-0.05, 0) is 32.9 Å². The molecule has 102 valence electrons. The summed E-state index contributed by atoms with van der Waals surface area (Å²) in [6, 6.07) is 7.55. The average Bonchev–Trinajstić information content (AvgIpc) is 2.26. The van der Waals surface area contributed by atoms with E-state index < -0.39 is 0 Å². The van der Waals surface area contributed by atoms with Gasteiger partial charge in [-0.2, -0.15) is 0 Å². The van der Waals surface area contributed by atoms with Crippen molar-refractivity contribution in [3.8, 4) is 0 Å². The maximum Gasteiger partial charge on any atom is 0.261 e. The largest absolute Gasteiger partial charge is 0.290 e. The van der Waals surface area contributed by atoms with Gasteiger partial charge in [0.25, 0.3) is 5.56 Å². The van der Waals surface area contributed by atoms with Crippen molar-refractivity contribution in [2.24, 2.45) is 0 Å². The van der Waals surface area contributed by atoms with E-state index in [9.17, 15) is 4.79 Å². The van der Waals surface area contributed by atoms with Crippen LogP contribution in [0.15, 0.2) is 29.1 Å². The Bertz CT molecular complexity index is 670. The van der Waals surface area contributed by atoms with E-state index in [4.69, 9.17) is 4.98 Å². The average molecular weight is 258 g/mol. The van der Waals surface area contributed by atoms with E-state index in [1.165, 1.54) is 0 Å². The van der Waals surface area contributed by atoms with Gasteiger partial charge in [0.1, 0.15) is 5.82 Å². The first-order chi connectivity index (χ1) is 8.62. The first-order valence-corrected chi connectivity index (χ1v) is 6.65. The van der Waals surface area contributed by atoms with E-state index in [1.807, 2.05) is 49.6 Å². The van der Waals surface area contributed by atoms with E-state index >= 15 is 0 Å². The topological polar surface area (TPSA) is 34.9 Å². The summed E-state index contributed by atoms with van der Waals surface area (Å²) in [4.78, 5) is 17.5. The zero-order valence-electron chi connectivity index (χ0n) is 12.6. The number of nitrogens with zero attached hydrogens (tertiary/aromatic N) is 2. The van der Waals surface area contributed by atoms with Gasteiger partial charge in [-0.1, -0.05) is 32.9 Å². The molecule has 1 aromatic heterocycles. The maximum atomic E-state index is 12.8. The second kappa shape index (κ2) is 4.19. The molecule has 0 unspecified atom stereocenters. The van der Waals surface area contributed by atoms with Crippen molar-refractivity contribution in [3.63, 3.8) is 0 Å². The van der Waals surface area contributed by atoms with Crippen molar-refractivity contribution in [3.05, 3.63) is 40.4 Å². The van der Waals surface area contributed by atoms with Crippen LogP contribution in [0.5, 0.6) is 0 Å². The summed E-state index contributed by atoms with van der Waals surface area (Å²) in [7, 11) is 0. The van der Waals surface area contributed by atoms with Gasteiger partial charge >= 0.3 is 0 Å².